The summed E-state index contributed by atoms with van der Waals surface area (Å²) in [7, 11) is 1.34. The van der Waals surface area contributed by atoms with Gasteiger partial charge in [0.1, 0.15) is 5.75 Å². The maximum atomic E-state index is 12.3. The fraction of sp³-hybridized carbons (Fsp3) is 0.250. The van der Waals surface area contributed by atoms with Gasteiger partial charge >= 0.3 is 0 Å². The molecule has 0 bridgehead atoms. The maximum absolute atomic E-state index is 12.3. The predicted octanol–water partition coefficient (Wildman–Crippen LogP) is 3.29. The van der Waals surface area contributed by atoms with Gasteiger partial charge in [-0.2, -0.15) is 0 Å². The van der Waals surface area contributed by atoms with E-state index in [4.69, 9.17) is 16.3 Å². The Hall–Kier alpha value is -0.830. The summed E-state index contributed by atoms with van der Waals surface area (Å²) in [6.07, 6.45) is -2.56. The monoisotopic (exact) mass is 192 g/mol. The van der Waals surface area contributed by atoms with Gasteiger partial charge in [-0.3, -0.25) is 0 Å². The van der Waals surface area contributed by atoms with Crippen LogP contribution in [-0.2, 0) is 0 Å². The molecular weight excluding hydrogens is 186 g/mol. The molecule has 4 heteroatoms. The highest BCUT2D eigenvalue weighted by Gasteiger charge is 2.13. The van der Waals surface area contributed by atoms with Crippen molar-refractivity contribution >= 4 is 11.6 Å². The Morgan fingerprint density at radius 2 is 2.08 bits per heavy atom. The number of methoxy groups -OCH3 is 1. The molecule has 0 fully saturated rings. The molecule has 0 unspecified atom stereocenters. The van der Waals surface area contributed by atoms with Crippen LogP contribution in [0.3, 0.4) is 0 Å². The van der Waals surface area contributed by atoms with Crippen molar-refractivity contribution in [1.29, 1.82) is 0 Å². The first-order valence-corrected chi connectivity index (χ1v) is 3.64. The van der Waals surface area contributed by atoms with Gasteiger partial charge in [0.25, 0.3) is 6.43 Å². The Bertz CT molecular complexity index is 276. The standard InChI is InChI=1S/C8H7ClF2O/c1-12-7-3-2-5(9)4-6(7)8(10)11/h2-4,8H,1H3. The summed E-state index contributed by atoms with van der Waals surface area (Å²) in [4.78, 5) is 0. The third-order valence-corrected chi connectivity index (χ3v) is 1.66. The number of ether oxygens (including phenoxy) is 1. The van der Waals surface area contributed by atoms with Crippen molar-refractivity contribution in [1.82, 2.24) is 0 Å². The largest absolute Gasteiger partial charge is 0.496 e. The minimum Gasteiger partial charge on any atom is -0.496 e. The number of hydrogen-bond donors (Lipinski definition) is 0. The van der Waals surface area contributed by atoms with Gasteiger partial charge in [-0.05, 0) is 18.2 Å². The van der Waals surface area contributed by atoms with Crippen molar-refractivity contribution < 1.29 is 13.5 Å². The number of benzene rings is 1. The molecule has 0 atom stereocenters. The molecular formula is C8H7ClF2O. The second-order valence-corrected chi connectivity index (χ2v) is 2.62. The van der Waals surface area contributed by atoms with E-state index >= 15 is 0 Å². The summed E-state index contributed by atoms with van der Waals surface area (Å²) in [5.41, 5.74) is -0.176. The zero-order valence-corrected chi connectivity index (χ0v) is 7.11. The first-order valence-electron chi connectivity index (χ1n) is 3.26. The van der Waals surface area contributed by atoms with E-state index in [-0.39, 0.29) is 16.3 Å². The van der Waals surface area contributed by atoms with Crippen molar-refractivity contribution in [2.24, 2.45) is 0 Å². The summed E-state index contributed by atoms with van der Waals surface area (Å²) < 4.78 is 29.2. The van der Waals surface area contributed by atoms with Crippen LogP contribution in [0.1, 0.15) is 12.0 Å². The number of alkyl halides is 2. The molecule has 0 saturated heterocycles. The van der Waals surface area contributed by atoms with Crippen LogP contribution in [-0.4, -0.2) is 7.11 Å². The molecule has 1 aromatic rings. The van der Waals surface area contributed by atoms with Gasteiger partial charge in [0.2, 0.25) is 0 Å². The highest BCUT2D eigenvalue weighted by molar-refractivity contribution is 6.30. The summed E-state index contributed by atoms with van der Waals surface area (Å²) in [6.45, 7) is 0. The van der Waals surface area contributed by atoms with Crippen LogP contribution in [0.2, 0.25) is 5.02 Å². The van der Waals surface area contributed by atoms with Crippen LogP contribution in [0.15, 0.2) is 18.2 Å². The van der Waals surface area contributed by atoms with Crippen LogP contribution in [0.25, 0.3) is 0 Å². The fourth-order valence-corrected chi connectivity index (χ4v) is 1.06. The lowest BCUT2D eigenvalue weighted by Crippen LogP contribution is -1.91. The molecule has 0 N–H and O–H groups in total. The quantitative estimate of drug-likeness (QED) is 0.699. The van der Waals surface area contributed by atoms with E-state index in [0.29, 0.717) is 0 Å². The smallest absolute Gasteiger partial charge is 0.267 e. The van der Waals surface area contributed by atoms with Crippen LogP contribution < -0.4 is 4.74 Å². The molecule has 0 spiro atoms. The third kappa shape index (κ3) is 1.85. The average molecular weight is 193 g/mol. The van der Waals surface area contributed by atoms with E-state index in [1.165, 1.54) is 25.3 Å². The van der Waals surface area contributed by atoms with Gasteiger partial charge in [0, 0.05) is 5.02 Å². The lowest BCUT2D eigenvalue weighted by atomic mass is 10.2. The number of halogens is 3. The molecule has 66 valence electrons. The molecule has 0 aromatic heterocycles. The molecule has 0 amide bonds. The molecule has 0 radical (unpaired) electrons. The van der Waals surface area contributed by atoms with Gasteiger partial charge in [0.05, 0.1) is 12.7 Å². The highest BCUT2D eigenvalue weighted by Crippen LogP contribution is 2.30. The van der Waals surface area contributed by atoms with Crippen molar-refractivity contribution in [3.05, 3.63) is 28.8 Å². The normalized spacial score (nSPS) is 10.4. The Morgan fingerprint density at radius 3 is 2.58 bits per heavy atom. The van der Waals surface area contributed by atoms with Crippen molar-refractivity contribution in [3.63, 3.8) is 0 Å². The molecule has 0 aliphatic carbocycles. The summed E-state index contributed by atoms with van der Waals surface area (Å²) in [6, 6.07) is 4.13. The van der Waals surface area contributed by atoms with E-state index in [1.807, 2.05) is 0 Å². The first kappa shape index (κ1) is 9.26. The second-order valence-electron chi connectivity index (χ2n) is 2.19. The first-order chi connectivity index (χ1) is 5.65. The van der Waals surface area contributed by atoms with Crippen LogP contribution in [0.5, 0.6) is 5.75 Å². The Kier molecular flexibility index (Phi) is 2.87. The minimum atomic E-state index is -2.56. The van der Waals surface area contributed by atoms with E-state index < -0.39 is 6.43 Å². The van der Waals surface area contributed by atoms with Gasteiger partial charge in [0.15, 0.2) is 0 Å². The summed E-state index contributed by atoms with van der Waals surface area (Å²) >= 11 is 5.53. The molecule has 0 aliphatic rings. The Morgan fingerprint density at radius 1 is 1.42 bits per heavy atom. The van der Waals surface area contributed by atoms with E-state index in [9.17, 15) is 8.78 Å². The molecule has 0 aliphatic heterocycles. The zero-order valence-electron chi connectivity index (χ0n) is 6.35. The SMILES string of the molecule is COc1ccc(Cl)cc1C(F)F. The topological polar surface area (TPSA) is 9.23 Å². The van der Waals surface area contributed by atoms with Gasteiger partial charge in [-0.15, -0.1) is 0 Å². The fourth-order valence-electron chi connectivity index (χ4n) is 0.876. The molecule has 1 nitrogen and oxygen atoms in total. The Balaban J connectivity index is 3.12. The number of rotatable bonds is 2. The Labute approximate surface area is 73.9 Å². The van der Waals surface area contributed by atoms with E-state index in [2.05, 4.69) is 0 Å². The minimum absolute atomic E-state index is 0.161. The predicted molar refractivity (Wildman–Crippen MR) is 43.0 cm³/mol. The molecule has 1 aromatic carbocycles. The van der Waals surface area contributed by atoms with Crippen molar-refractivity contribution in [2.75, 3.05) is 7.11 Å². The van der Waals surface area contributed by atoms with Crippen molar-refractivity contribution in [3.8, 4) is 5.75 Å². The van der Waals surface area contributed by atoms with Crippen LogP contribution in [0, 0.1) is 0 Å². The van der Waals surface area contributed by atoms with E-state index in [1.54, 1.807) is 0 Å². The van der Waals surface area contributed by atoms with Crippen LogP contribution in [0.4, 0.5) is 8.78 Å². The van der Waals surface area contributed by atoms with Gasteiger partial charge < -0.3 is 4.74 Å². The summed E-state index contributed by atoms with van der Waals surface area (Å²) in [5, 5.41) is 0.283. The van der Waals surface area contributed by atoms with Crippen molar-refractivity contribution in [2.45, 2.75) is 6.43 Å². The maximum Gasteiger partial charge on any atom is 0.267 e. The van der Waals surface area contributed by atoms with Gasteiger partial charge in [-0.1, -0.05) is 11.6 Å². The lowest BCUT2D eigenvalue weighted by molar-refractivity contribution is 0.147. The molecule has 12 heavy (non-hydrogen) atoms. The number of hydrogen-bond acceptors (Lipinski definition) is 1. The lowest BCUT2D eigenvalue weighted by Gasteiger charge is -2.06. The third-order valence-electron chi connectivity index (χ3n) is 1.43. The van der Waals surface area contributed by atoms with Gasteiger partial charge in [-0.25, -0.2) is 8.78 Å². The second kappa shape index (κ2) is 3.72. The van der Waals surface area contributed by atoms with E-state index in [0.717, 1.165) is 0 Å². The van der Waals surface area contributed by atoms with Crippen LogP contribution >= 0.6 is 11.6 Å². The highest BCUT2D eigenvalue weighted by atomic mass is 35.5. The molecule has 0 saturated carbocycles. The molecule has 0 heterocycles. The zero-order chi connectivity index (χ0) is 9.14. The molecule has 1 rings (SSSR count). The summed E-state index contributed by atoms with van der Waals surface area (Å²) in [5.74, 6) is 0.161. The average Bonchev–Trinajstić information content (AvgIpc) is 2.04.